The lowest BCUT2D eigenvalue weighted by Crippen LogP contribution is -2.52. The van der Waals surface area contributed by atoms with Crippen molar-refractivity contribution in [3.05, 3.63) is 12.2 Å². The number of nitrogens with one attached hydrogen (secondary N) is 2. The van der Waals surface area contributed by atoms with E-state index < -0.39 is 10.4 Å². The second-order valence-corrected chi connectivity index (χ2v) is 11.4. The van der Waals surface area contributed by atoms with Crippen LogP contribution in [0.3, 0.4) is 0 Å². The Bertz CT molecular complexity index is 647. The van der Waals surface area contributed by atoms with Crippen molar-refractivity contribution < 1.29 is 27.1 Å². The second-order valence-electron chi connectivity index (χ2n) is 10.3. The molecule has 216 valence electrons. The molecule has 1 amide bonds. The van der Waals surface area contributed by atoms with Crippen molar-refractivity contribution in [2.24, 2.45) is 0 Å². The molecule has 0 bridgehead atoms. The zero-order valence-corrected chi connectivity index (χ0v) is 24.7. The molecular weight excluding hydrogens is 480 g/mol. The van der Waals surface area contributed by atoms with Crippen LogP contribution in [0.25, 0.3) is 0 Å². The summed E-state index contributed by atoms with van der Waals surface area (Å²) in [5.41, 5.74) is 0.00905. The van der Waals surface area contributed by atoms with Gasteiger partial charge in [0.25, 0.3) is 0 Å². The summed E-state index contributed by atoms with van der Waals surface area (Å²) in [6.45, 7) is 12.1. The summed E-state index contributed by atoms with van der Waals surface area (Å²) in [5.74, 6) is 0.157. The van der Waals surface area contributed by atoms with Gasteiger partial charge in [0.15, 0.2) is 0 Å². The topological polar surface area (TPSA) is 125 Å². The van der Waals surface area contributed by atoms with Crippen LogP contribution in [0.2, 0.25) is 0 Å². The van der Waals surface area contributed by atoms with Crippen LogP contribution in [0.15, 0.2) is 12.2 Å². The Labute approximate surface area is 222 Å². The summed E-state index contributed by atoms with van der Waals surface area (Å²) in [5, 5.41) is 16.5. The van der Waals surface area contributed by atoms with Gasteiger partial charge in [-0.2, -0.15) is 8.42 Å². The highest BCUT2D eigenvalue weighted by Gasteiger charge is 2.17. The molecule has 4 N–H and O–H groups in total. The molecule has 0 aromatic rings. The first-order valence-electron chi connectivity index (χ1n) is 13.9. The number of amides is 1. The number of aliphatic hydroxyl groups excluding tert-OH is 1. The number of unbranched alkanes of at least 4 members (excludes halogenated alkanes) is 8. The van der Waals surface area contributed by atoms with Gasteiger partial charge < -0.3 is 10.4 Å². The van der Waals surface area contributed by atoms with Crippen molar-refractivity contribution in [2.45, 2.75) is 149 Å². The van der Waals surface area contributed by atoms with Crippen molar-refractivity contribution in [1.82, 2.24) is 10.6 Å². The minimum absolute atomic E-state index is 0.00905. The molecule has 2 atom stereocenters. The van der Waals surface area contributed by atoms with Crippen molar-refractivity contribution in [2.75, 3.05) is 6.61 Å². The molecule has 0 saturated heterocycles. The van der Waals surface area contributed by atoms with Gasteiger partial charge in [-0.15, -0.1) is 0 Å². The van der Waals surface area contributed by atoms with Crippen molar-refractivity contribution in [3.63, 3.8) is 0 Å². The highest BCUT2D eigenvalue weighted by atomic mass is 32.3. The first-order chi connectivity index (χ1) is 16.8. The van der Waals surface area contributed by atoms with E-state index in [-0.39, 0.29) is 30.3 Å². The Morgan fingerprint density at radius 2 is 1.56 bits per heavy atom. The molecule has 1 unspecified atom stereocenters. The molecule has 0 saturated carbocycles. The minimum atomic E-state index is -4.17. The fourth-order valence-electron chi connectivity index (χ4n) is 3.55. The lowest BCUT2D eigenvalue weighted by atomic mass is 10.1. The zero-order chi connectivity index (χ0) is 27.9. The third-order valence-electron chi connectivity index (χ3n) is 5.36. The van der Waals surface area contributed by atoms with E-state index in [1.54, 1.807) is 0 Å². The van der Waals surface area contributed by atoms with E-state index in [4.69, 9.17) is 4.55 Å². The summed E-state index contributed by atoms with van der Waals surface area (Å²) >= 11 is 0. The lowest BCUT2D eigenvalue weighted by molar-refractivity contribution is -0.122. The van der Waals surface area contributed by atoms with E-state index in [1.165, 1.54) is 45.4 Å². The molecule has 9 heteroatoms. The predicted octanol–water partition coefficient (Wildman–Crippen LogP) is 6.06. The average Bonchev–Trinajstić information content (AvgIpc) is 2.76. The average molecular weight is 537 g/mol. The third-order valence-corrected chi connectivity index (χ3v) is 5.89. The van der Waals surface area contributed by atoms with Crippen LogP contribution in [0, 0.1) is 0 Å². The van der Waals surface area contributed by atoms with Gasteiger partial charge in [0.2, 0.25) is 5.91 Å². The van der Waals surface area contributed by atoms with Gasteiger partial charge in [0.05, 0.1) is 18.9 Å². The lowest BCUT2D eigenvalue weighted by Gasteiger charge is -2.28. The van der Waals surface area contributed by atoms with E-state index in [0.717, 1.165) is 44.9 Å². The molecule has 36 heavy (non-hydrogen) atoms. The number of rotatable bonds is 20. The monoisotopic (exact) mass is 536 g/mol. The molecule has 0 fully saturated rings. The smallest absolute Gasteiger partial charge is 0.393 e. The van der Waals surface area contributed by atoms with E-state index >= 15 is 0 Å². The molecule has 0 radical (unpaired) electrons. The number of carbonyl (C=O) groups is 1. The van der Waals surface area contributed by atoms with Crippen LogP contribution in [-0.2, 0) is 19.4 Å². The maximum Gasteiger partial charge on any atom is 0.397 e. The van der Waals surface area contributed by atoms with Crippen molar-refractivity contribution >= 4 is 16.3 Å². The predicted molar refractivity (Wildman–Crippen MR) is 149 cm³/mol. The Kier molecular flexibility index (Phi) is 23.9. The molecule has 8 nitrogen and oxygen atoms in total. The molecule has 0 aromatic carbocycles. The van der Waals surface area contributed by atoms with E-state index in [1.807, 2.05) is 0 Å². The number of carbonyl (C=O) groups excluding carboxylic acids is 1. The van der Waals surface area contributed by atoms with Crippen LogP contribution in [0.5, 0.6) is 0 Å². The second kappa shape index (κ2) is 23.1. The van der Waals surface area contributed by atoms with Crippen LogP contribution in [0.1, 0.15) is 131 Å². The molecular formula is C27H56N2O6S. The fourth-order valence-corrected chi connectivity index (χ4v) is 3.85. The Balaban J connectivity index is 0. The Morgan fingerprint density at radius 1 is 0.944 bits per heavy atom. The number of allylic oxidation sites excluding steroid dienone is 1. The van der Waals surface area contributed by atoms with Gasteiger partial charge in [0.1, 0.15) is 0 Å². The van der Waals surface area contributed by atoms with Gasteiger partial charge in [-0.1, -0.05) is 70.9 Å². The van der Waals surface area contributed by atoms with E-state index in [0.29, 0.717) is 6.42 Å². The molecule has 0 aliphatic heterocycles. The van der Waals surface area contributed by atoms with E-state index in [9.17, 15) is 18.3 Å². The standard InChI is InChI=1S/C25H50N2O2.C2H6O4S/c1-6-8-9-16-19-22(28)20-17-14-12-10-11-13-15-18-21-24(29)26-23(7-2)27-25(3,4)5;1-2-6-7(3,4)5/h14,17,22-23,27-28H,6-13,15-16,18-21H2,1-5H3,(H,26,29);2H2,1H3,(H,3,4,5)/b17-14-;/t22-,23?;/m1./s1. The quantitative estimate of drug-likeness (QED) is 0.0645. The molecule has 0 spiro atoms. The van der Waals surface area contributed by atoms with Crippen LogP contribution in [-0.4, -0.2) is 48.4 Å². The van der Waals surface area contributed by atoms with Crippen molar-refractivity contribution in [1.29, 1.82) is 0 Å². The van der Waals surface area contributed by atoms with Crippen LogP contribution < -0.4 is 10.6 Å². The highest BCUT2D eigenvalue weighted by molar-refractivity contribution is 7.80. The molecule has 0 heterocycles. The molecule has 0 aromatic heterocycles. The summed E-state index contributed by atoms with van der Waals surface area (Å²) < 4.78 is 30.7. The minimum Gasteiger partial charge on any atom is -0.393 e. The Morgan fingerprint density at radius 3 is 2.08 bits per heavy atom. The largest absolute Gasteiger partial charge is 0.397 e. The van der Waals surface area contributed by atoms with Gasteiger partial charge in [-0.25, -0.2) is 4.18 Å². The number of aliphatic hydroxyl groups is 1. The van der Waals surface area contributed by atoms with Gasteiger partial charge in [-0.05, 0) is 66.2 Å². The van der Waals surface area contributed by atoms with Gasteiger partial charge >= 0.3 is 10.4 Å². The maximum atomic E-state index is 12.1. The summed E-state index contributed by atoms with van der Waals surface area (Å²) in [6, 6.07) is 0. The van der Waals surface area contributed by atoms with Crippen molar-refractivity contribution in [3.8, 4) is 0 Å². The molecule has 0 aliphatic carbocycles. The van der Waals surface area contributed by atoms with E-state index in [2.05, 4.69) is 61.6 Å². The first-order valence-corrected chi connectivity index (χ1v) is 15.2. The SMILES string of the molecule is CCCCCC[C@@H](O)C/C=C\CCCCCCCC(=O)NC(CC)NC(C)(C)C.CCOS(=O)(=O)O. The fraction of sp³-hybridized carbons (Fsp3) is 0.889. The summed E-state index contributed by atoms with van der Waals surface area (Å²) in [6.07, 6.45) is 19.2. The maximum absolute atomic E-state index is 12.1. The van der Waals surface area contributed by atoms with Crippen LogP contribution >= 0.6 is 0 Å². The number of hydrogen-bond donors (Lipinski definition) is 4. The zero-order valence-electron chi connectivity index (χ0n) is 23.9. The highest BCUT2D eigenvalue weighted by Crippen LogP contribution is 2.11. The van der Waals surface area contributed by atoms with Crippen LogP contribution in [0.4, 0.5) is 0 Å². The van der Waals surface area contributed by atoms with Gasteiger partial charge in [0, 0.05) is 12.0 Å². The third kappa shape index (κ3) is 31.0. The summed E-state index contributed by atoms with van der Waals surface area (Å²) in [4.78, 5) is 12.1. The first kappa shape index (κ1) is 37.2. The molecule has 0 rings (SSSR count). The molecule has 0 aliphatic rings. The Hall–Kier alpha value is -1.00. The normalized spacial score (nSPS) is 13.8. The van der Waals surface area contributed by atoms with Gasteiger partial charge in [-0.3, -0.25) is 14.7 Å². The summed E-state index contributed by atoms with van der Waals surface area (Å²) in [7, 11) is -4.17. The number of hydrogen-bond acceptors (Lipinski definition) is 6.